The van der Waals surface area contributed by atoms with Crippen molar-refractivity contribution in [3.63, 3.8) is 0 Å². The molecule has 0 spiro atoms. The van der Waals surface area contributed by atoms with Crippen LogP contribution in [0.1, 0.15) is 90.4 Å². The maximum absolute atomic E-state index is 9.25. The molecule has 5 heteroatoms. The number of halogens is 1. The van der Waals surface area contributed by atoms with Crippen molar-refractivity contribution < 1.29 is 27.7 Å². The average molecular weight is 413 g/mol. The highest BCUT2D eigenvalue weighted by atomic mass is 35.5. The first-order valence-corrected chi connectivity index (χ1v) is 13.5. The predicted octanol–water partition coefficient (Wildman–Crippen LogP) is 2.08. The molecule has 0 radical (unpaired) electrons. The van der Waals surface area contributed by atoms with E-state index in [4.69, 9.17) is 0 Å². The lowest BCUT2D eigenvalue weighted by Crippen LogP contribution is -3.00. The maximum atomic E-state index is 9.25. The average Bonchev–Trinajstić information content (AvgIpc) is 2.64. The number of rotatable bonds is 20. The standard InChI is InChI=1S/C21H46O3P.ClH/c1-2-3-4-5-6-7-8-9-10-11-18-25(19-12-15-22,20-13-16-23)21-14-17-24;/h22-24H,2-21H2,1H3;1H/q+1;/p-1. The zero-order valence-corrected chi connectivity index (χ0v) is 19.0. The molecule has 0 aliphatic rings. The van der Waals surface area contributed by atoms with Crippen LogP contribution in [-0.4, -0.2) is 59.8 Å². The SMILES string of the molecule is CCCCCCCCCCCC[P+](CCCO)(CCCO)CCCO.[Cl-]. The van der Waals surface area contributed by atoms with Gasteiger partial charge in [0.2, 0.25) is 0 Å². The molecule has 0 aliphatic heterocycles. The Morgan fingerprint density at radius 2 is 0.769 bits per heavy atom. The number of hydrogen-bond donors (Lipinski definition) is 3. The Bertz CT molecular complexity index is 246. The highest BCUT2D eigenvalue weighted by Gasteiger charge is 2.34. The van der Waals surface area contributed by atoms with Gasteiger partial charge in [-0.15, -0.1) is 0 Å². The van der Waals surface area contributed by atoms with Gasteiger partial charge in [0.05, 0.1) is 24.6 Å². The van der Waals surface area contributed by atoms with Gasteiger partial charge in [-0.1, -0.05) is 58.3 Å². The van der Waals surface area contributed by atoms with E-state index in [9.17, 15) is 15.3 Å². The molecule has 0 atom stereocenters. The largest absolute Gasteiger partial charge is 1.00 e. The molecule has 3 nitrogen and oxygen atoms in total. The Morgan fingerprint density at radius 1 is 0.462 bits per heavy atom. The fourth-order valence-corrected chi connectivity index (χ4v) is 8.50. The van der Waals surface area contributed by atoms with Crippen LogP contribution in [0.4, 0.5) is 0 Å². The van der Waals surface area contributed by atoms with Crippen LogP contribution < -0.4 is 12.4 Å². The summed E-state index contributed by atoms with van der Waals surface area (Å²) in [5.41, 5.74) is 0. The molecule has 3 N–H and O–H groups in total. The quantitative estimate of drug-likeness (QED) is 0.212. The van der Waals surface area contributed by atoms with Crippen LogP contribution in [-0.2, 0) is 0 Å². The van der Waals surface area contributed by atoms with E-state index < -0.39 is 7.26 Å². The molecule has 0 saturated heterocycles. The lowest BCUT2D eigenvalue weighted by molar-refractivity contribution is -0.00000876. The lowest BCUT2D eigenvalue weighted by Gasteiger charge is -2.27. The number of aliphatic hydroxyl groups is 3. The van der Waals surface area contributed by atoms with E-state index in [0.29, 0.717) is 0 Å². The van der Waals surface area contributed by atoms with E-state index in [0.717, 1.165) is 37.7 Å². The zero-order valence-electron chi connectivity index (χ0n) is 17.3. The number of unbranched alkanes of at least 4 members (excludes halogenated alkanes) is 9. The first-order chi connectivity index (χ1) is 12.2. The molecule has 26 heavy (non-hydrogen) atoms. The molecular formula is C21H46ClO3P. The molecule has 0 heterocycles. The highest BCUT2D eigenvalue weighted by molar-refractivity contribution is 7.75. The third-order valence-corrected chi connectivity index (χ3v) is 10.4. The van der Waals surface area contributed by atoms with Crippen molar-refractivity contribution >= 4 is 7.26 Å². The Kier molecular flexibility index (Phi) is 24.3. The maximum Gasteiger partial charge on any atom is 0.0616 e. The van der Waals surface area contributed by atoms with Crippen LogP contribution in [0.5, 0.6) is 0 Å². The van der Waals surface area contributed by atoms with Crippen molar-refractivity contribution in [3.8, 4) is 0 Å². The van der Waals surface area contributed by atoms with Gasteiger partial charge >= 0.3 is 0 Å². The van der Waals surface area contributed by atoms with Gasteiger partial charge in [0, 0.05) is 46.3 Å². The summed E-state index contributed by atoms with van der Waals surface area (Å²) in [6.07, 6.45) is 21.1. The number of aliphatic hydroxyl groups excluding tert-OH is 3. The highest BCUT2D eigenvalue weighted by Crippen LogP contribution is 2.60. The van der Waals surface area contributed by atoms with Crippen LogP contribution in [0, 0.1) is 0 Å². The van der Waals surface area contributed by atoms with Gasteiger partial charge < -0.3 is 27.7 Å². The van der Waals surface area contributed by atoms with Gasteiger partial charge in [0.15, 0.2) is 0 Å². The van der Waals surface area contributed by atoms with Gasteiger partial charge in [-0.05, 0) is 12.8 Å². The van der Waals surface area contributed by atoms with E-state index in [-0.39, 0.29) is 32.2 Å². The summed E-state index contributed by atoms with van der Waals surface area (Å²) in [4.78, 5) is 0. The first-order valence-electron chi connectivity index (χ1n) is 10.9. The number of hydrogen-bond acceptors (Lipinski definition) is 3. The fraction of sp³-hybridized carbons (Fsp3) is 1.00. The smallest absolute Gasteiger partial charge is 0.0616 e. The van der Waals surface area contributed by atoms with Crippen LogP contribution in [0.25, 0.3) is 0 Å². The molecule has 0 amide bonds. The van der Waals surface area contributed by atoms with E-state index >= 15 is 0 Å². The van der Waals surface area contributed by atoms with Crippen molar-refractivity contribution in [2.24, 2.45) is 0 Å². The molecule has 0 aromatic rings. The van der Waals surface area contributed by atoms with Crippen LogP contribution in [0.15, 0.2) is 0 Å². The molecule has 0 aromatic carbocycles. The Labute approximate surface area is 170 Å². The third kappa shape index (κ3) is 16.8. The van der Waals surface area contributed by atoms with Crippen molar-refractivity contribution in [1.29, 1.82) is 0 Å². The summed E-state index contributed by atoms with van der Waals surface area (Å²) in [5, 5.41) is 27.7. The van der Waals surface area contributed by atoms with Gasteiger partial charge in [0.25, 0.3) is 0 Å². The second-order valence-electron chi connectivity index (χ2n) is 7.65. The normalized spacial score (nSPS) is 11.5. The topological polar surface area (TPSA) is 60.7 Å². The lowest BCUT2D eigenvalue weighted by atomic mass is 10.1. The van der Waals surface area contributed by atoms with E-state index in [1.165, 1.54) is 70.4 Å². The zero-order chi connectivity index (χ0) is 18.6. The minimum Gasteiger partial charge on any atom is -1.00 e. The molecule has 0 saturated carbocycles. The second-order valence-corrected chi connectivity index (χ2v) is 12.1. The second kappa shape index (κ2) is 21.9. The van der Waals surface area contributed by atoms with Crippen molar-refractivity contribution in [2.75, 3.05) is 44.5 Å². The fourth-order valence-electron chi connectivity index (χ4n) is 3.82. The molecule has 160 valence electrons. The van der Waals surface area contributed by atoms with Crippen molar-refractivity contribution in [2.45, 2.75) is 90.4 Å². The Hall–Kier alpha value is 0.600. The van der Waals surface area contributed by atoms with E-state index in [1.54, 1.807) is 0 Å². The summed E-state index contributed by atoms with van der Waals surface area (Å²) in [6.45, 7) is 3.10. The van der Waals surface area contributed by atoms with Crippen LogP contribution >= 0.6 is 7.26 Å². The molecule has 0 aromatic heterocycles. The van der Waals surface area contributed by atoms with Gasteiger partial charge in [0.1, 0.15) is 0 Å². The van der Waals surface area contributed by atoms with Crippen LogP contribution in [0.3, 0.4) is 0 Å². The monoisotopic (exact) mass is 412 g/mol. The predicted molar refractivity (Wildman–Crippen MR) is 113 cm³/mol. The minimum absolute atomic E-state index is 0. The van der Waals surface area contributed by atoms with E-state index in [2.05, 4.69) is 6.92 Å². The van der Waals surface area contributed by atoms with Gasteiger partial charge in [-0.3, -0.25) is 0 Å². The first kappa shape index (κ1) is 28.8. The summed E-state index contributed by atoms with van der Waals surface area (Å²) < 4.78 is 0. The molecule has 0 unspecified atom stereocenters. The van der Waals surface area contributed by atoms with Crippen molar-refractivity contribution in [1.82, 2.24) is 0 Å². The third-order valence-electron chi connectivity index (χ3n) is 5.36. The summed E-state index contributed by atoms with van der Waals surface area (Å²) in [6, 6.07) is 0. The molecule has 0 aliphatic carbocycles. The van der Waals surface area contributed by atoms with Gasteiger partial charge in [-0.25, -0.2) is 0 Å². The molecule has 0 bridgehead atoms. The molecule has 0 rings (SSSR count). The summed E-state index contributed by atoms with van der Waals surface area (Å²) in [5.74, 6) is 0. The van der Waals surface area contributed by atoms with Crippen molar-refractivity contribution in [3.05, 3.63) is 0 Å². The summed E-state index contributed by atoms with van der Waals surface area (Å²) in [7, 11) is -1.10. The minimum atomic E-state index is -1.10. The molecule has 0 fully saturated rings. The Balaban J connectivity index is 0. The molecular weight excluding hydrogens is 367 g/mol. The van der Waals surface area contributed by atoms with Gasteiger partial charge in [-0.2, -0.15) is 0 Å². The summed E-state index contributed by atoms with van der Waals surface area (Å²) >= 11 is 0. The Morgan fingerprint density at radius 3 is 1.12 bits per heavy atom. The van der Waals surface area contributed by atoms with Crippen LogP contribution in [0.2, 0.25) is 0 Å². The van der Waals surface area contributed by atoms with E-state index in [1.807, 2.05) is 0 Å².